The topological polar surface area (TPSA) is 74.9 Å². The molecule has 2 aromatic rings. The Morgan fingerprint density at radius 1 is 1.31 bits per heavy atom. The predicted octanol–water partition coefficient (Wildman–Crippen LogP) is 1.48. The highest BCUT2D eigenvalue weighted by Crippen LogP contribution is 2.25. The van der Waals surface area contributed by atoms with E-state index in [2.05, 4.69) is 0 Å². The van der Waals surface area contributed by atoms with Gasteiger partial charge in [0, 0.05) is 25.4 Å². The smallest absolute Gasteiger partial charge is 0.251 e. The molecule has 1 aromatic carbocycles. The number of ether oxygens (including phenoxy) is 1. The molecule has 0 aliphatic carbocycles. The van der Waals surface area contributed by atoms with Crippen LogP contribution >= 0.6 is 11.6 Å². The summed E-state index contributed by atoms with van der Waals surface area (Å²) in [7, 11) is 0. The molecule has 3 rings (SSSR count). The second-order valence-electron chi connectivity index (χ2n) is 6.46. The summed E-state index contributed by atoms with van der Waals surface area (Å²) in [5.74, 6) is -0.496. The van der Waals surface area contributed by atoms with E-state index in [4.69, 9.17) is 16.3 Å². The van der Waals surface area contributed by atoms with Crippen LogP contribution in [0.25, 0.3) is 0 Å². The van der Waals surface area contributed by atoms with Gasteiger partial charge in [0.2, 0.25) is 0 Å². The van der Waals surface area contributed by atoms with Gasteiger partial charge in [-0.1, -0.05) is 23.7 Å². The van der Waals surface area contributed by atoms with Crippen LogP contribution in [0.15, 0.2) is 47.4 Å². The minimum atomic E-state index is -1.49. The van der Waals surface area contributed by atoms with Crippen molar-refractivity contribution >= 4 is 11.6 Å². The van der Waals surface area contributed by atoms with E-state index in [1.54, 1.807) is 12.1 Å². The lowest BCUT2D eigenvalue weighted by atomic mass is 9.89. The van der Waals surface area contributed by atoms with Crippen molar-refractivity contribution in [2.45, 2.75) is 24.8 Å². The first-order valence-electron chi connectivity index (χ1n) is 8.23. The fourth-order valence-corrected chi connectivity index (χ4v) is 3.09. The third kappa shape index (κ3) is 4.24. The molecule has 1 aliphatic heterocycles. The fourth-order valence-electron chi connectivity index (χ4n) is 2.91. The molecule has 0 amide bonds. The third-order valence-electron chi connectivity index (χ3n) is 4.53. The van der Waals surface area contributed by atoms with E-state index in [1.165, 1.54) is 35.0 Å². The summed E-state index contributed by atoms with van der Waals surface area (Å²) in [6.45, 7) is 0.615. The number of likely N-dealkylation sites (tertiary alicyclic amines) is 1. The van der Waals surface area contributed by atoms with Gasteiger partial charge >= 0.3 is 0 Å². The van der Waals surface area contributed by atoms with Crippen molar-refractivity contribution in [1.29, 1.82) is 0 Å². The van der Waals surface area contributed by atoms with E-state index in [0.717, 1.165) is 0 Å². The van der Waals surface area contributed by atoms with Crippen molar-refractivity contribution in [3.8, 4) is 5.75 Å². The highest BCUT2D eigenvalue weighted by atomic mass is 35.5. The molecule has 0 spiro atoms. The largest absolute Gasteiger partial charge is 0.487 e. The molecule has 2 unspecified atom stereocenters. The molecule has 1 saturated heterocycles. The van der Waals surface area contributed by atoms with Crippen molar-refractivity contribution in [2.75, 3.05) is 19.7 Å². The van der Waals surface area contributed by atoms with Gasteiger partial charge < -0.3 is 19.5 Å². The van der Waals surface area contributed by atoms with Gasteiger partial charge in [0.15, 0.2) is 11.6 Å². The highest BCUT2D eigenvalue weighted by molar-refractivity contribution is 6.30. The molecule has 1 fully saturated rings. The molecule has 2 N–H and O–H groups in total. The first-order valence-corrected chi connectivity index (χ1v) is 8.61. The van der Waals surface area contributed by atoms with Gasteiger partial charge in [-0.3, -0.25) is 9.69 Å². The molecule has 140 valence electrons. The summed E-state index contributed by atoms with van der Waals surface area (Å²) in [5.41, 5.74) is -1.69. The molecule has 0 radical (unpaired) electrons. The third-order valence-corrected chi connectivity index (χ3v) is 4.75. The van der Waals surface area contributed by atoms with E-state index in [9.17, 15) is 19.4 Å². The molecule has 6 nitrogen and oxygen atoms in total. The molecule has 0 bridgehead atoms. The van der Waals surface area contributed by atoms with Crippen LogP contribution in [0.4, 0.5) is 4.39 Å². The Kier molecular flexibility index (Phi) is 5.62. The number of rotatable bonds is 5. The van der Waals surface area contributed by atoms with Crippen LogP contribution in [0.2, 0.25) is 5.02 Å². The average molecular weight is 383 g/mol. The maximum Gasteiger partial charge on any atom is 0.251 e. The Bertz CT molecular complexity index is 831. The van der Waals surface area contributed by atoms with E-state index in [0.29, 0.717) is 11.6 Å². The predicted molar refractivity (Wildman–Crippen MR) is 94.8 cm³/mol. The Hall–Kier alpha value is -1.93. The lowest BCUT2D eigenvalue weighted by molar-refractivity contribution is -0.141. The number of benzene rings is 1. The molecule has 0 saturated carbocycles. The van der Waals surface area contributed by atoms with E-state index >= 15 is 0 Å². The van der Waals surface area contributed by atoms with Gasteiger partial charge in [-0.15, -0.1) is 0 Å². The van der Waals surface area contributed by atoms with Gasteiger partial charge in [-0.25, -0.2) is 4.39 Å². The molecule has 8 heteroatoms. The molecular formula is C18H20ClFN2O4. The monoisotopic (exact) mass is 382 g/mol. The zero-order valence-electron chi connectivity index (χ0n) is 14.0. The van der Waals surface area contributed by atoms with E-state index < -0.39 is 17.5 Å². The zero-order valence-corrected chi connectivity index (χ0v) is 14.8. The summed E-state index contributed by atoms with van der Waals surface area (Å²) in [4.78, 5) is 13.7. The normalized spacial score (nSPS) is 23.8. The summed E-state index contributed by atoms with van der Waals surface area (Å²) < 4.78 is 20.4. The number of aliphatic hydroxyl groups is 2. The number of aromatic nitrogens is 1. The van der Waals surface area contributed by atoms with Crippen molar-refractivity contribution in [1.82, 2.24) is 9.47 Å². The molecule has 2 atom stereocenters. The second-order valence-corrected chi connectivity index (χ2v) is 6.90. The van der Waals surface area contributed by atoms with Crippen molar-refractivity contribution in [2.24, 2.45) is 0 Å². The summed E-state index contributed by atoms with van der Waals surface area (Å²) in [5, 5.41) is 21.5. The van der Waals surface area contributed by atoms with Crippen molar-refractivity contribution in [3.05, 3.63) is 63.8 Å². The van der Waals surface area contributed by atoms with Crippen LogP contribution in [0, 0.1) is 5.82 Å². The minimum Gasteiger partial charge on any atom is -0.487 e. The minimum absolute atomic E-state index is 0.0287. The number of aliphatic hydroxyl groups excluding tert-OH is 1. The molecule has 1 aromatic heterocycles. The van der Waals surface area contributed by atoms with E-state index in [-0.39, 0.29) is 37.5 Å². The summed E-state index contributed by atoms with van der Waals surface area (Å²) >= 11 is 5.91. The number of hydrogen-bond acceptors (Lipinski definition) is 5. The van der Waals surface area contributed by atoms with Gasteiger partial charge in [0.1, 0.15) is 12.2 Å². The number of hydrogen-bond donors (Lipinski definition) is 2. The number of halogens is 2. The Morgan fingerprint density at radius 3 is 2.81 bits per heavy atom. The Balaban J connectivity index is 1.61. The van der Waals surface area contributed by atoms with Crippen LogP contribution in [-0.4, -0.2) is 51.1 Å². The van der Waals surface area contributed by atoms with E-state index in [1.807, 2.05) is 4.90 Å². The first-order chi connectivity index (χ1) is 12.4. The number of β-amino-alcohol motifs (C(OH)–C–C–N with tert-alkyl or cyclic N) is 1. The number of para-hydroxylation sites is 1. The fraction of sp³-hybridized carbons (Fsp3) is 0.389. The number of piperidine rings is 1. The van der Waals surface area contributed by atoms with Crippen LogP contribution in [-0.2, 0) is 6.67 Å². The van der Waals surface area contributed by atoms with Gasteiger partial charge in [-0.2, -0.15) is 0 Å². The number of nitrogens with zero attached hydrogens (tertiary/aromatic N) is 2. The average Bonchev–Trinajstić information content (AvgIpc) is 2.61. The first kappa shape index (κ1) is 18.8. The quantitative estimate of drug-likeness (QED) is 0.819. The highest BCUT2D eigenvalue weighted by Gasteiger charge is 2.41. The number of pyridine rings is 1. The molecule has 2 heterocycles. The summed E-state index contributed by atoms with van der Waals surface area (Å²) in [6, 6.07) is 8.80. The lowest BCUT2D eigenvalue weighted by Crippen LogP contribution is -2.58. The second kappa shape index (κ2) is 7.75. The van der Waals surface area contributed by atoms with Gasteiger partial charge in [0.25, 0.3) is 5.56 Å². The zero-order chi connectivity index (χ0) is 18.7. The molecule has 26 heavy (non-hydrogen) atoms. The Morgan fingerprint density at radius 2 is 2.08 bits per heavy atom. The maximum absolute atomic E-state index is 13.6. The van der Waals surface area contributed by atoms with Gasteiger partial charge in [0.05, 0.1) is 17.8 Å². The lowest BCUT2D eigenvalue weighted by Gasteiger charge is -2.41. The van der Waals surface area contributed by atoms with Crippen LogP contribution < -0.4 is 10.3 Å². The van der Waals surface area contributed by atoms with Crippen LogP contribution in [0.3, 0.4) is 0 Å². The van der Waals surface area contributed by atoms with Crippen LogP contribution in [0.5, 0.6) is 5.75 Å². The van der Waals surface area contributed by atoms with Crippen molar-refractivity contribution < 1.29 is 19.3 Å². The van der Waals surface area contributed by atoms with Crippen LogP contribution in [0.1, 0.15) is 6.42 Å². The standard InChI is InChI=1S/C18H20ClFN2O4/c19-13-5-6-17(24)22(9-13)12-21-8-7-18(25,16(23)10-21)11-26-15-4-2-1-3-14(15)20/h1-6,9,16,23,25H,7-8,10-12H2. The molecule has 1 aliphatic rings. The maximum atomic E-state index is 13.6. The SMILES string of the molecule is O=c1ccc(Cl)cn1CN1CCC(O)(COc2ccccc2F)C(O)C1. The molecular weight excluding hydrogens is 363 g/mol. The Labute approximate surface area is 155 Å². The summed E-state index contributed by atoms with van der Waals surface area (Å²) in [6.07, 6.45) is 0.647. The van der Waals surface area contributed by atoms with Crippen molar-refractivity contribution in [3.63, 3.8) is 0 Å². The van der Waals surface area contributed by atoms with Gasteiger partial charge in [-0.05, 0) is 24.6 Å².